The van der Waals surface area contributed by atoms with Gasteiger partial charge in [-0.25, -0.2) is 15.0 Å². The number of hydrogen-bond donors (Lipinski definition) is 0. The molecule has 0 aliphatic heterocycles. The third kappa shape index (κ3) is 4.88. The maximum absolute atomic E-state index is 6.21. The van der Waals surface area contributed by atoms with E-state index in [2.05, 4.69) is 158 Å². The molecule has 0 bridgehead atoms. The molecule has 0 fully saturated rings. The van der Waals surface area contributed by atoms with Crippen molar-refractivity contribution in [2.75, 3.05) is 0 Å². The number of aromatic nitrogens is 3. The van der Waals surface area contributed by atoms with Crippen LogP contribution in [0.25, 0.3) is 120 Å². The molecule has 260 valence electrons. The largest absolute Gasteiger partial charge is 0.456 e. The van der Waals surface area contributed by atoms with Gasteiger partial charge in [0.15, 0.2) is 17.5 Å². The second-order valence-corrected chi connectivity index (χ2v) is 15.4. The van der Waals surface area contributed by atoms with Gasteiger partial charge >= 0.3 is 0 Å². The van der Waals surface area contributed by atoms with Gasteiger partial charge in [-0.1, -0.05) is 133 Å². The minimum absolute atomic E-state index is 0.641. The Kier molecular flexibility index (Phi) is 6.76. The Morgan fingerprint density at radius 3 is 1.80 bits per heavy atom. The zero-order valence-electron chi connectivity index (χ0n) is 29.9. The Labute approximate surface area is 325 Å². The van der Waals surface area contributed by atoms with Gasteiger partial charge in [-0.15, -0.1) is 11.3 Å². The maximum atomic E-state index is 6.21. The number of thiophene rings is 1. The van der Waals surface area contributed by atoms with Crippen molar-refractivity contribution in [2.45, 2.75) is 0 Å². The van der Waals surface area contributed by atoms with Gasteiger partial charge in [0.1, 0.15) is 11.2 Å². The van der Waals surface area contributed by atoms with Gasteiger partial charge in [-0.3, -0.25) is 0 Å². The van der Waals surface area contributed by atoms with Crippen LogP contribution >= 0.6 is 11.3 Å². The van der Waals surface area contributed by atoms with Crippen LogP contribution in [0.3, 0.4) is 0 Å². The zero-order valence-corrected chi connectivity index (χ0v) is 30.7. The van der Waals surface area contributed by atoms with Crippen molar-refractivity contribution in [1.82, 2.24) is 15.0 Å². The lowest BCUT2D eigenvalue weighted by Gasteiger charge is -2.11. The van der Waals surface area contributed by atoms with Crippen LogP contribution in [0.5, 0.6) is 0 Å². The fraction of sp³-hybridized carbons (Fsp3) is 0. The van der Waals surface area contributed by atoms with Crippen molar-refractivity contribution in [3.05, 3.63) is 176 Å². The van der Waals surface area contributed by atoms with Crippen LogP contribution in [-0.2, 0) is 0 Å². The van der Waals surface area contributed by atoms with Gasteiger partial charge in [0.05, 0.1) is 0 Å². The third-order valence-corrected chi connectivity index (χ3v) is 12.3. The molecule has 0 spiro atoms. The SMILES string of the molecule is c1ccc2c(c1)ccc1cc(-c3nc(-c4ccc5cc(-c6cccc7oc8ccccc8c67)ccc5c4)nc(-c4cccc5c4sc4ccccc45)n3)ccc12. The number of fused-ring (bicyclic) bond motifs is 10. The van der Waals surface area contributed by atoms with E-state index in [1.54, 1.807) is 11.3 Å². The van der Waals surface area contributed by atoms with Crippen molar-refractivity contribution < 1.29 is 4.42 Å². The van der Waals surface area contributed by atoms with Crippen LogP contribution in [0, 0.1) is 0 Å². The molecule has 3 heterocycles. The lowest BCUT2D eigenvalue weighted by Crippen LogP contribution is -2.00. The summed E-state index contributed by atoms with van der Waals surface area (Å²) in [5, 5.41) is 11.8. The molecule has 12 rings (SSSR count). The molecule has 3 aromatic heterocycles. The Bertz CT molecular complexity index is 3560. The Hall–Kier alpha value is -7.21. The Morgan fingerprint density at radius 2 is 0.929 bits per heavy atom. The first-order valence-corrected chi connectivity index (χ1v) is 19.6. The molecule has 9 aromatic carbocycles. The predicted molar refractivity (Wildman–Crippen MR) is 234 cm³/mol. The van der Waals surface area contributed by atoms with Crippen LogP contribution in [0.15, 0.2) is 180 Å². The van der Waals surface area contributed by atoms with Gasteiger partial charge in [-0.05, 0) is 85.9 Å². The first-order chi connectivity index (χ1) is 27.7. The second kappa shape index (κ2) is 12.2. The summed E-state index contributed by atoms with van der Waals surface area (Å²) in [6.07, 6.45) is 0. The maximum Gasteiger partial charge on any atom is 0.165 e. The van der Waals surface area contributed by atoms with Crippen LogP contribution < -0.4 is 0 Å². The highest BCUT2D eigenvalue weighted by atomic mass is 32.1. The quantitative estimate of drug-likeness (QED) is 0.169. The number of hydrogen-bond acceptors (Lipinski definition) is 5. The predicted octanol–water partition coefficient (Wildman–Crippen LogP) is 14.3. The summed E-state index contributed by atoms with van der Waals surface area (Å²) in [5.41, 5.74) is 6.99. The summed E-state index contributed by atoms with van der Waals surface area (Å²) < 4.78 is 8.63. The van der Waals surface area contributed by atoms with E-state index < -0.39 is 0 Å². The average Bonchev–Trinajstić information content (AvgIpc) is 3.84. The summed E-state index contributed by atoms with van der Waals surface area (Å²) in [6, 6.07) is 62.2. The number of furan rings is 1. The monoisotopic (exact) mass is 731 g/mol. The number of nitrogens with zero attached hydrogens (tertiary/aromatic N) is 3. The fourth-order valence-electron chi connectivity index (χ4n) is 8.40. The molecular formula is C51H29N3OS. The number of para-hydroxylation sites is 1. The first-order valence-electron chi connectivity index (χ1n) is 18.8. The van der Waals surface area contributed by atoms with Gasteiger partial charge < -0.3 is 4.42 Å². The zero-order chi connectivity index (χ0) is 36.7. The van der Waals surface area contributed by atoms with Gasteiger partial charge in [0.25, 0.3) is 0 Å². The van der Waals surface area contributed by atoms with E-state index in [0.717, 1.165) is 65.9 Å². The van der Waals surface area contributed by atoms with Crippen LogP contribution in [-0.4, -0.2) is 15.0 Å². The molecule has 0 amide bonds. The summed E-state index contributed by atoms with van der Waals surface area (Å²) in [4.78, 5) is 15.6. The Morgan fingerprint density at radius 1 is 0.357 bits per heavy atom. The Balaban J connectivity index is 1.02. The van der Waals surface area contributed by atoms with E-state index >= 15 is 0 Å². The molecule has 5 heteroatoms. The topological polar surface area (TPSA) is 51.8 Å². The normalized spacial score (nSPS) is 11.9. The molecule has 0 unspecified atom stereocenters. The summed E-state index contributed by atoms with van der Waals surface area (Å²) >= 11 is 1.79. The van der Waals surface area contributed by atoms with E-state index in [9.17, 15) is 0 Å². The van der Waals surface area contributed by atoms with Gasteiger partial charge in [0.2, 0.25) is 0 Å². The standard InChI is InChI=1S/C51H29N3OS/c1-2-10-37-30(9-1)19-22-33-29-36(25-26-38(33)37)50-52-49(53-51(54-50)43-15-7-14-41-40-11-4-6-18-46(40)56-48(41)43)35-24-21-31-27-34(23-20-32(31)28-35)39-13-8-17-45-47(39)42-12-3-5-16-44(42)55-45/h1-29H. The van der Waals surface area contributed by atoms with Crippen LogP contribution in [0.2, 0.25) is 0 Å². The van der Waals surface area contributed by atoms with Gasteiger partial charge in [0, 0.05) is 47.6 Å². The molecule has 4 nitrogen and oxygen atoms in total. The van der Waals surface area contributed by atoms with E-state index in [-0.39, 0.29) is 0 Å². The lowest BCUT2D eigenvalue weighted by atomic mass is 9.96. The highest BCUT2D eigenvalue weighted by molar-refractivity contribution is 7.26. The average molecular weight is 732 g/mol. The van der Waals surface area contributed by atoms with E-state index in [0.29, 0.717) is 17.5 Å². The molecule has 56 heavy (non-hydrogen) atoms. The molecule has 0 atom stereocenters. The van der Waals surface area contributed by atoms with E-state index in [1.807, 2.05) is 18.2 Å². The molecule has 0 N–H and O–H groups in total. The first kappa shape index (κ1) is 31.2. The van der Waals surface area contributed by atoms with Crippen molar-refractivity contribution in [3.8, 4) is 45.3 Å². The fourth-order valence-corrected chi connectivity index (χ4v) is 9.61. The van der Waals surface area contributed by atoms with E-state index in [4.69, 9.17) is 19.4 Å². The third-order valence-electron chi connectivity index (χ3n) is 11.1. The highest BCUT2D eigenvalue weighted by Gasteiger charge is 2.18. The second-order valence-electron chi connectivity index (χ2n) is 14.4. The number of benzene rings is 9. The van der Waals surface area contributed by atoms with E-state index in [1.165, 1.54) is 36.3 Å². The smallest absolute Gasteiger partial charge is 0.165 e. The molecule has 0 aliphatic carbocycles. The van der Waals surface area contributed by atoms with Crippen molar-refractivity contribution >= 4 is 85.8 Å². The van der Waals surface area contributed by atoms with Crippen LogP contribution in [0.4, 0.5) is 0 Å². The summed E-state index contributed by atoms with van der Waals surface area (Å²) in [7, 11) is 0. The highest BCUT2D eigenvalue weighted by Crippen LogP contribution is 2.41. The molecule has 12 aromatic rings. The van der Waals surface area contributed by atoms with Gasteiger partial charge in [-0.2, -0.15) is 0 Å². The van der Waals surface area contributed by atoms with Crippen LogP contribution in [0.1, 0.15) is 0 Å². The van der Waals surface area contributed by atoms with Crippen molar-refractivity contribution in [3.63, 3.8) is 0 Å². The van der Waals surface area contributed by atoms with Crippen molar-refractivity contribution in [1.29, 1.82) is 0 Å². The lowest BCUT2D eigenvalue weighted by molar-refractivity contribution is 0.669. The molecule has 0 aliphatic rings. The molecule has 0 saturated carbocycles. The summed E-state index contributed by atoms with van der Waals surface area (Å²) in [6.45, 7) is 0. The minimum atomic E-state index is 0.641. The molecule has 0 saturated heterocycles. The van der Waals surface area contributed by atoms with Crippen molar-refractivity contribution in [2.24, 2.45) is 0 Å². The number of rotatable bonds is 4. The minimum Gasteiger partial charge on any atom is -0.456 e. The summed E-state index contributed by atoms with van der Waals surface area (Å²) in [5.74, 6) is 1.95. The molecular weight excluding hydrogens is 703 g/mol. The molecule has 0 radical (unpaired) electrons.